The lowest BCUT2D eigenvalue weighted by molar-refractivity contribution is -0.120. The zero-order valence-electron chi connectivity index (χ0n) is 11.1. The summed E-state index contributed by atoms with van der Waals surface area (Å²) in [6.45, 7) is 5.35. The number of rotatable bonds is 3. The number of amides is 1. The molecule has 0 bridgehead atoms. The standard InChI is InChI=1S/C14H19N3OS/c1-10-8-11(14(15)19)2-3-12(10)9-17-6-4-13(18)16-5-7-17/h2-3,8H,4-7,9H2,1H3,(H2,15,19)(H,16,18). The smallest absolute Gasteiger partial charge is 0.221 e. The Morgan fingerprint density at radius 2 is 2.26 bits per heavy atom. The van der Waals surface area contributed by atoms with Gasteiger partial charge in [-0.3, -0.25) is 9.69 Å². The van der Waals surface area contributed by atoms with Gasteiger partial charge in [0.1, 0.15) is 4.99 Å². The molecule has 102 valence electrons. The van der Waals surface area contributed by atoms with Crippen LogP contribution >= 0.6 is 12.2 Å². The maximum Gasteiger partial charge on any atom is 0.221 e. The molecule has 1 fully saturated rings. The zero-order valence-corrected chi connectivity index (χ0v) is 11.9. The van der Waals surface area contributed by atoms with E-state index in [-0.39, 0.29) is 5.91 Å². The monoisotopic (exact) mass is 277 g/mol. The maximum atomic E-state index is 11.3. The molecule has 0 radical (unpaired) electrons. The van der Waals surface area contributed by atoms with Crippen LogP contribution in [0, 0.1) is 6.92 Å². The van der Waals surface area contributed by atoms with Crippen molar-refractivity contribution in [2.24, 2.45) is 5.73 Å². The van der Waals surface area contributed by atoms with Crippen molar-refractivity contribution in [2.45, 2.75) is 19.9 Å². The molecule has 1 aromatic rings. The molecule has 1 amide bonds. The molecule has 5 heteroatoms. The second-order valence-electron chi connectivity index (χ2n) is 4.88. The van der Waals surface area contributed by atoms with E-state index in [2.05, 4.69) is 23.2 Å². The topological polar surface area (TPSA) is 58.4 Å². The van der Waals surface area contributed by atoms with Gasteiger partial charge in [0.2, 0.25) is 5.91 Å². The summed E-state index contributed by atoms with van der Waals surface area (Å²) in [5, 5.41) is 2.88. The first-order chi connectivity index (χ1) is 9.06. The van der Waals surface area contributed by atoms with Crippen LogP contribution in [0.3, 0.4) is 0 Å². The fourth-order valence-corrected chi connectivity index (χ4v) is 2.37. The molecule has 0 aliphatic carbocycles. The molecule has 19 heavy (non-hydrogen) atoms. The molecule has 1 aliphatic rings. The number of hydrogen-bond acceptors (Lipinski definition) is 3. The van der Waals surface area contributed by atoms with E-state index < -0.39 is 0 Å². The Morgan fingerprint density at radius 3 is 2.95 bits per heavy atom. The van der Waals surface area contributed by atoms with E-state index in [1.807, 2.05) is 12.1 Å². The highest BCUT2D eigenvalue weighted by Gasteiger charge is 2.14. The van der Waals surface area contributed by atoms with E-state index in [9.17, 15) is 4.79 Å². The van der Waals surface area contributed by atoms with Gasteiger partial charge in [-0.25, -0.2) is 0 Å². The van der Waals surface area contributed by atoms with Crippen LogP contribution in [-0.2, 0) is 11.3 Å². The summed E-state index contributed by atoms with van der Waals surface area (Å²) >= 11 is 4.98. The van der Waals surface area contributed by atoms with Gasteiger partial charge in [0.15, 0.2) is 0 Å². The lowest BCUT2D eigenvalue weighted by atomic mass is 10.0. The average molecular weight is 277 g/mol. The highest BCUT2D eigenvalue weighted by atomic mass is 32.1. The van der Waals surface area contributed by atoms with Crippen molar-refractivity contribution in [3.05, 3.63) is 34.9 Å². The summed E-state index contributed by atoms with van der Waals surface area (Å²) in [5.74, 6) is 0.142. The minimum atomic E-state index is 0.142. The summed E-state index contributed by atoms with van der Waals surface area (Å²) < 4.78 is 0. The normalized spacial score (nSPS) is 16.8. The zero-order chi connectivity index (χ0) is 13.8. The third kappa shape index (κ3) is 3.75. The molecule has 3 N–H and O–H groups in total. The van der Waals surface area contributed by atoms with E-state index >= 15 is 0 Å². The number of carbonyl (C=O) groups excluding carboxylic acids is 1. The highest BCUT2D eigenvalue weighted by Crippen LogP contribution is 2.14. The van der Waals surface area contributed by atoms with Crippen LogP contribution in [0.4, 0.5) is 0 Å². The third-order valence-electron chi connectivity index (χ3n) is 3.43. The van der Waals surface area contributed by atoms with Crippen LogP contribution in [0.5, 0.6) is 0 Å². The fraction of sp³-hybridized carbons (Fsp3) is 0.429. The van der Waals surface area contributed by atoms with Gasteiger partial charge >= 0.3 is 0 Å². The van der Waals surface area contributed by atoms with E-state index in [1.165, 1.54) is 11.1 Å². The largest absolute Gasteiger partial charge is 0.389 e. The number of nitrogens with one attached hydrogen (secondary N) is 1. The summed E-state index contributed by atoms with van der Waals surface area (Å²) in [6.07, 6.45) is 0.573. The Balaban J connectivity index is 2.06. The second kappa shape index (κ2) is 6.12. The molecule has 1 saturated heterocycles. The number of thiocarbonyl (C=S) groups is 1. The minimum absolute atomic E-state index is 0.142. The molecule has 1 heterocycles. The Labute approximate surface area is 119 Å². The Kier molecular flexibility index (Phi) is 4.50. The van der Waals surface area contributed by atoms with Crippen molar-refractivity contribution in [3.63, 3.8) is 0 Å². The molecular formula is C14H19N3OS. The number of aryl methyl sites for hydroxylation is 1. The van der Waals surface area contributed by atoms with Crippen molar-refractivity contribution >= 4 is 23.1 Å². The molecule has 0 saturated carbocycles. The molecule has 4 nitrogen and oxygen atoms in total. The van der Waals surface area contributed by atoms with Crippen molar-refractivity contribution in [1.29, 1.82) is 0 Å². The Hall–Kier alpha value is -1.46. The average Bonchev–Trinajstić information content (AvgIpc) is 2.57. The fourth-order valence-electron chi connectivity index (χ4n) is 2.24. The Bertz CT molecular complexity index is 501. The van der Waals surface area contributed by atoms with Gasteiger partial charge in [-0.15, -0.1) is 0 Å². The molecule has 1 aliphatic heterocycles. The van der Waals surface area contributed by atoms with Crippen LogP contribution in [0.2, 0.25) is 0 Å². The van der Waals surface area contributed by atoms with E-state index in [4.69, 9.17) is 18.0 Å². The van der Waals surface area contributed by atoms with Gasteiger partial charge in [-0.1, -0.05) is 24.4 Å². The number of nitrogens with zero attached hydrogens (tertiary/aromatic N) is 1. The number of benzene rings is 1. The van der Waals surface area contributed by atoms with Gasteiger partial charge in [0.25, 0.3) is 0 Å². The number of nitrogens with two attached hydrogens (primary N) is 1. The van der Waals surface area contributed by atoms with Gasteiger partial charge < -0.3 is 11.1 Å². The van der Waals surface area contributed by atoms with Crippen LogP contribution < -0.4 is 11.1 Å². The van der Waals surface area contributed by atoms with Crippen LogP contribution in [-0.4, -0.2) is 35.4 Å². The molecule has 0 atom stereocenters. The SMILES string of the molecule is Cc1cc(C(N)=S)ccc1CN1CCNC(=O)CC1. The lowest BCUT2D eigenvalue weighted by Crippen LogP contribution is -2.28. The molecular weight excluding hydrogens is 258 g/mol. The van der Waals surface area contributed by atoms with Crippen molar-refractivity contribution in [3.8, 4) is 0 Å². The molecule has 0 spiro atoms. The van der Waals surface area contributed by atoms with Gasteiger partial charge in [-0.05, 0) is 24.1 Å². The van der Waals surface area contributed by atoms with E-state index in [0.29, 0.717) is 11.4 Å². The van der Waals surface area contributed by atoms with Crippen molar-refractivity contribution < 1.29 is 4.79 Å². The maximum absolute atomic E-state index is 11.3. The van der Waals surface area contributed by atoms with Gasteiger partial charge in [0, 0.05) is 38.2 Å². The number of hydrogen-bond donors (Lipinski definition) is 2. The molecule has 1 aromatic carbocycles. The predicted molar refractivity (Wildman–Crippen MR) is 80.0 cm³/mol. The minimum Gasteiger partial charge on any atom is -0.389 e. The summed E-state index contributed by atoms with van der Waals surface area (Å²) in [7, 11) is 0. The van der Waals surface area contributed by atoms with Gasteiger partial charge in [-0.2, -0.15) is 0 Å². The van der Waals surface area contributed by atoms with Crippen molar-refractivity contribution in [1.82, 2.24) is 10.2 Å². The van der Waals surface area contributed by atoms with Crippen molar-refractivity contribution in [2.75, 3.05) is 19.6 Å². The third-order valence-corrected chi connectivity index (χ3v) is 3.66. The molecule has 0 unspecified atom stereocenters. The second-order valence-corrected chi connectivity index (χ2v) is 5.32. The molecule has 2 rings (SSSR count). The van der Waals surface area contributed by atoms with E-state index in [0.717, 1.165) is 31.7 Å². The van der Waals surface area contributed by atoms with Crippen LogP contribution in [0.25, 0.3) is 0 Å². The Morgan fingerprint density at radius 1 is 1.47 bits per heavy atom. The van der Waals surface area contributed by atoms with Crippen LogP contribution in [0.15, 0.2) is 18.2 Å². The summed E-state index contributed by atoms with van der Waals surface area (Å²) in [6, 6.07) is 6.06. The predicted octanol–water partition coefficient (Wildman–Crippen LogP) is 0.951. The van der Waals surface area contributed by atoms with Gasteiger partial charge in [0.05, 0.1) is 0 Å². The number of carbonyl (C=O) groups is 1. The first-order valence-corrected chi connectivity index (χ1v) is 6.85. The quantitative estimate of drug-likeness (QED) is 0.808. The molecule has 0 aromatic heterocycles. The van der Waals surface area contributed by atoms with Crippen LogP contribution in [0.1, 0.15) is 23.1 Å². The lowest BCUT2D eigenvalue weighted by Gasteiger charge is -2.20. The highest BCUT2D eigenvalue weighted by molar-refractivity contribution is 7.80. The summed E-state index contributed by atoms with van der Waals surface area (Å²) in [4.78, 5) is 14.0. The summed E-state index contributed by atoms with van der Waals surface area (Å²) in [5.41, 5.74) is 8.98. The first kappa shape index (κ1) is 14.0. The first-order valence-electron chi connectivity index (χ1n) is 6.44. The van der Waals surface area contributed by atoms with E-state index in [1.54, 1.807) is 0 Å².